The number of methoxy groups -OCH3 is 1. The number of hydrogen-bond acceptors (Lipinski definition) is 2. The molecule has 0 radical (unpaired) electrons. The highest BCUT2D eigenvalue weighted by Crippen LogP contribution is 2.37. The fraction of sp³-hybridized carbons (Fsp3) is 0.533. The van der Waals surface area contributed by atoms with Gasteiger partial charge in [-0.05, 0) is 42.4 Å². The number of ether oxygens (including phenoxy) is 1. The number of benzene rings is 1. The molecule has 0 atom stereocenters. The summed E-state index contributed by atoms with van der Waals surface area (Å²) in [5.74, 6) is 0.105. The van der Waals surface area contributed by atoms with Crippen molar-refractivity contribution in [3.63, 3.8) is 0 Å². The van der Waals surface area contributed by atoms with Gasteiger partial charge in [-0.3, -0.25) is 4.79 Å². The zero-order valence-electron chi connectivity index (χ0n) is 11.4. The maximum atomic E-state index is 10.8. The minimum absolute atomic E-state index is 0.0370. The van der Waals surface area contributed by atoms with E-state index in [1.54, 1.807) is 7.11 Å². The molecular weight excluding hydrogens is 228 g/mol. The second-order valence-electron chi connectivity index (χ2n) is 4.61. The molecule has 0 heterocycles. The van der Waals surface area contributed by atoms with Gasteiger partial charge in [-0.1, -0.05) is 26.0 Å². The van der Waals surface area contributed by atoms with E-state index < -0.39 is 5.97 Å². The van der Waals surface area contributed by atoms with E-state index >= 15 is 0 Å². The van der Waals surface area contributed by atoms with Crippen LogP contribution in [0.3, 0.4) is 0 Å². The molecule has 0 saturated carbocycles. The van der Waals surface area contributed by atoms with Crippen molar-refractivity contribution in [2.45, 2.75) is 44.9 Å². The van der Waals surface area contributed by atoms with Crippen LogP contribution in [0.2, 0.25) is 0 Å². The molecule has 18 heavy (non-hydrogen) atoms. The monoisotopic (exact) mass is 250 g/mol. The van der Waals surface area contributed by atoms with Crippen LogP contribution in [-0.2, 0) is 10.2 Å². The predicted molar refractivity (Wildman–Crippen MR) is 72.1 cm³/mol. The van der Waals surface area contributed by atoms with E-state index in [0.717, 1.165) is 18.6 Å². The van der Waals surface area contributed by atoms with Crippen LogP contribution >= 0.6 is 0 Å². The van der Waals surface area contributed by atoms with Gasteiger partial charge >= 0.3 is 5.97 Å². The Labute approximate surface area is 109 Å². The van der Waals surface area contributed by atoms with Gasteiger partial charge in [-0.25, -0.2) is 0 Å². The second kappa shape index (κ2) is 6.43. The van der Waals surface area contributed by atoms with E-state index in [0.29, 0.717) is 6.42 Å². The third-order valence-electron chi connectivity index (χ3n) is 3.87. The van der Waals surface area contributed by atoms with E-state index in [4.69, 9.17) is 9.84 Å². The number of carbonyl (C=O) groups is 1. The fourth-order valence-corrected chi connectivity index (χ4v) is 2.45. The summed E-state index contributed by atoms with van der Waals surface area (Å²) in [6, 6.07) is 7.98. The molecule has 0 bridgehead atoms. The van der Waals surface area contributed by atoms with Crippen molar-refractivity contribution in [1.29, 1.82) is 0 Å². The van der Waals surface area contributed by atoms with Crippen molar-refractivity contribution in [2.75, 3.05) is 7.11 Å². The van der Waals surface area contributed by atoms with Crippen LogP contribution in [0, 0.1) is 0 Å². The summed E-state index contributed by atoms with van der Waals surface area (Å²) in [5.41, 5.74) is 1.17. The van der Waals surface area contributed by atoms with Crippen LogP contribution < -0.4 is 4.74 Å². The van der Waals surface area contributed by atoms with Crippen LogP contribution in [0.15, 0.2) is 24.3 Å². The molecule has 3 heteroatoms. The van der Waals surface area contributed by atoms with Crippen LogP contribution in [-0.4, -0.2) is 18.2 Å². The molecular formula is C15H22O3. The number of carboxylic acid groups (broad SMARTS) is 1. The molecule has 100 valence electrons. The minimum atomic E-state index is -0.727. The van der Waals surface area contributed by atoms with Gasteiger partial charge in [-0.15, -0.1) is 0 Å². The Hall–Kier alpha value is -1.51. The number of rotatable bonds is 7. The summed E-state index contributed by atoms with van der Waals surface area (Å²) in [5, 5.41) is 8.88. The SMILES string of the molecule is CCC(CC)(CCC(=O)O)c1ccc(OC)cc1. The van der Waals surface area contributed by atoms with Crippen LogP contribution in [0.25, 0.3) is 0 Å². The topological polar surface area (TPSA) is 46.5 Å². The zero-order valence-corrected chi connectivity index (χ0v) is 11.4. The van der Waals surface area contributed by atoms with Gasteiger partial charge in [0, 0.05) is 6.42 Å². The lowest BCUT2D eigenvalue weighted by Crippen LogP contribution is -2.25. The Kier molecular flexibility index (Phi) is 5.20. The Morgan fingerprint density at radius 2 is 1.78 bits per heavy atom. The number of hydrogen-bond donors (Lipinski definition) is 1. The first-order chi connectivity index (χ1) is 8.57. The first-order valence-corrected chi connectivity index (χ1v) is 6.44. The van der Waals surface area contributed by atoms with Crippen molar-refractivity contribution < 1.29 is 14.6 Å². The molecule has 1 aromatic carbocycles. The minimum Gasteiger partial charge on any atom is -0.497 e. The Morgan fingerprint density at radius 3 is 2.17 bits per heavy atom. The summed E-state index contributed by atoms with van der Waals surface area (Å²) < 4.78 is 5.15. The Balaban J connectivity index is 2.97. The van der Waals surface area contributed by atoms with E-state index in [1.807, 2.05) is 24.3 Å². The quantitative estimate of drug-likeness (QED) is 0.804. The molecule has 0 saturated heterocycles. The molecule has 0 aromatic heterocycles. The van der Waals surface area contributed by atoms with Crippen LogP contribution in [0.5, 0.6) is 5.75 Å². The number of aliphatic carboxylic acids is 1. The fourth-order valence-electron chi connectivity index (χ4n) is 2.45. The van der Waals surface area contributed by atoms with Gasteiger partial charge < -0.3 is 9.84 Å². The maximum absolute atomic E-state index is 10.8. The van der Waals surface area contributed by atoms with E-state index in [1.165, 1.54) is 5.56 Å². The smallest absolute Gasteiger partial charge is 0.303 e. The van der Waals surface area contributed by atoms with Gasteiger partial charge in [0.1, 0.15) is 5.75 Å². The largest absolute Gasteiger partial charge is 0.497 e. The average Bonchev–Trinajstić information content (AvgIpc) is 2.41. The lowest BCUT2D eigenvalue weighted by atomic mass is 9.72. The highest BCUT2D eigenvalue weighted by Gasteiger charge is 2.28. The third kappa shape index (κ3) is 3.25. The molecule has 0 aliphatic heterocycles. The summed E-state index contributed by atoms with van der Waals surface area (Å²) in [4.78, 5) is 10.8. The standard InChI is InChI=1S/C15H22O3/c1-4-15(5-2,11-10-14(16)17)12-6-8-13(18-3)9-7-12/h6-9H,4-5,10-11H2,1-3H3,(H,16,17). The summed E-state index contributed by atoms with van der Waals surface area (Å²) in [7, 11) is 1.65. The molecule has 1 N–H and O–H groups in total. The second-order valence-corrected chi connectivity index (χ2v) is 4.61. The van der Waals surface area contributed by atoms with Crippen molar-refractivity contribution in [3.8, 4) is 5.75 Å². The van der Waals surface area contributed by atoms with E-state index in [-0.39, 0.29) is 11.8 Å². The molecule has 1 aromatic rings. The first-order valence-electron chi connectivity index (χ1n) is 6.44. The first kappa shape index (κ1) is 14.6. The van der Waals surface area contributed by atoms with Crippen molar-refractivity contribution >= 4 is 5.97 Å². The summed E-state index contributed by atoms with van der Waals surface area (Å²) in [6.07, 6.45) is 2.79. The Morgan fingerprint density at radius 1 is 1.22 bits per heavy atom. The third-order valence-corrected chi connectivity index (χ3v) is 3.87. The van der Waals surface area contributed by atoms with Gasteiger partial charge in [0.15, 0.2) is 0 Å². The molecule has 1 rings (SSSR count). The van der Waals surface area contributed by atoms with Crippen molar-refractivity contribution in [1.82, 2.24) is 0 Å². The maximum Gasteiger partial charge on any atom is 0.303 e. The van der Waals surface area contributed by atoms with Crippen molar-refractivity contribution in [3.05, 3.63) is 29.8 Å². The van der Waals surface area contributed by atoms with Gasteiger partial charge in [-0.2, -0.15) is 0 Å². The van der Waals surface area contributed by atoms with E-state index in [2.05, 4.69) is 13.8 Å². The lowest BCUT2D eigenvalue weighted by Gasteiger charge is -2.32. The van der Waals surface area contributed by atoms with Crippen LogP contribution in [0.1, 0.15) is 45.1 Å². The molecule has 0 fully saturated rings. The number of carboxylic acids is 1. The molecule has 3 nitrogen and oxygen atoms in total. The highest BCUT2D eigenvalue weighted by molar-refractivity contribution is 5.66. The molecule has 0 aliphatic rings. The van der Waals surface area contributed by atoms with Crippen molar-refractivity contribution in [2.24, 2.45) is 0 Å². The molecule has 0 unspecified atom stereocenters. The van der Waals surface area contributed by atoms with E-state index in [9.17, 15) is 4.79 Å². The van der Waals surface area contributed by atoms with Gasteiger partial charge in [0.05, 0.1) is 7.11 Å². The summed E-state index contributed by atoms with van der Waals surface area (Å²) >= 11 is 0. The highest BCUT2D eigenvalue weighted by atomic mass is 16.5. The van der Waals surface area contributed by atoms with Gasteiger partial charge in [0.25, 0.3) is 0 Å². The Bertz CT molecular complexity index is 377. The molecule has 0 amide bonds. The van der Waals surface area contributed by atoms with Crippen LogP contribution in [0.4, 0.5) is 0 Å². The molecule has 0 spiro atoms. The summed E-state index contributed by atoms with van der Waals surface area (Å²) in [6.45, 7) is 4.24. The predicted octanol–water partition coefficient (Wildman–Crippen LogP) is 3.62. The zero-order chi connectivity index (χ0) is 13.6. The lowest BCUT2D eigenvalue weighted by molar-refractivity contribution is -0.137. The molecule has 0 aliphatic carbocycles. The normalized spacial score (nSPS) is 11.3. The average molecular weight is 250 g/mol. The van der Waals surface area contributed by atoms with Gasteiger partial charge in [0.2, 0.25) is 0 Å².